The predicted octanol–water partition coefficient (Wildman–Crippen LogP) is 1.32. The summed E-state index contributed by atoms with van der Waals surface area (Å²) in [4.78, 5) is 32.2. The van der Waals surface area contributed by atoms with Gasteiger partial charge in [0, 0.05) is 49.2 Å². The van der Waals surface area contributed by atoms with Gasteiger partial charge in [0.15, 0.2) is 0 Å². The minimum absolute atomic E-state index is 0.0510. The van der Waals surface area contributed by atoms with Gasteiger partial charge in [-0.15, -0.1) is 0 Å². The summed E-state index contributed by atoms with van der Waals surface area (Å²) in [5.74, 6) is 0.361. The molecule has 0 bridgehead atoms. The maximum absolute atomic E-state index is 13.1. The first-order chi connectivity index (χ1) is 12.1. The molecule has 0 radical (unpaired) electrons. The first kappa shape index (κ1) is 16.3. The first-order valence-corrected chi connectivity index (χ1v) is 8.86. The number of pyridine rings is 1. The molecule has 1 aromatic carbocycles. The van der Waals surface area contributed by atoms with Gasteiger partial charge in [-0.25, -0.2) is 0 Å². The molecule has 6 nitrogen and oxygen atoms in total. The van der Waals surface area contributed by atoms with Gasteiger partial charge in [-0.3, -0.25) is 14.5 Å². The second-order valence-corrected chi connectivity index (χ2v) is 7.00. The van der Waals surface area contributed by atoms with Crippen LogP contribution in [0.25, 0.3) is 10.9 Å². The summed E-state index contributed by atoms with van der Waals surface area (Å²) >= 11 is 0. The number of aromatic nitrogens is 1. The normalized spacial score (nSPS) is 24.8. The lowest BCUT2D eigenvalue weighted by atomic mass is 10.0. The lowest BCUT2D eigenvalue weighted by Crippen LogP contribution is -2.47. The van der Waals surface area contributed by atoms with Crippen LogP contribution in [0.2, 0.25) is 0 Å². The van der Waals surface area contributed by atoms with Gasteiger partial charge >= 0.3 is 0 Å². The number of rotatable bonds is 2. The van der Waals surface area contributed by atoms with Crippen LogP contribution in [0.3, 0.4) is 0 Å². The van der Waals surface area contributed by atoms with Crippen molar-refractivity contribution in [3.05, 3.63) is 46.2 Å². The number of carbonyl (C=O) groups is 1. The van der Waals surface area contributed by atoms with Crippen molar-refractivity contribution >= 4 is 16.8 Å². The zero-order valence-electron chi connectivity index (χ0n) is 14.4. The molecule has 1 amide bonds. The minimum atomic E-state index is -0.237. The van der Waals surface area contributed by atoms with Gasteiger partial charge < -0.3 is 14.6 Å². The van der Waals surface area contributed by atoms with E-state index >= 15 is 0 Å². The van der Waals surface area contributed by atoms with E-state index in [4.69, 9.17) is 4.74 Å². The van der Waals surface area contributed by atoms with E-state index in [0.717, 1.165) is 38.2 Å². The molecule has 2 aliphatic rings. The number of para-hydroxylation sites is 1. The minimum Gasteiger partial charge on any atom is -0.379 e. The highest BCUT2D eigenvalue weighted by Gasteiger charge is 2.37. The summed E-state index contributed by atoms with van der Waals surface area (Å²) < 4.78 is 5.44. The van der Waals surface area contributed by atoms with E-state index in [9.17, 15) is 9.59 Å². The van der Waals surface area contributed by atoms with Crippen LogP contribution in [0.15, 0.2) is 35.1 Å². The van der Waals surface area contributed by atoms with Crippen LogP contribution in [0.5, 0.6) is 0 Å². The van der Waals surface area contributed by atoms with Crippen LogP contribution in [0, 0.1) is 5.92 Å². The highest BCUT2D eigenvalue weighted by molar-refractivity contribution is 6.06. The van der Waals surface area contributed by atoms with Crippen LogP contribution in [-0.2, 0) is 4.74 Å². The van der Waals surface area contributed by atoms with E-state index < -0.39 is 0 Å². The van der Waals surface area contributed by atoms with Crippen molar-refractivity contribution in [2.75, 3.05) is 39.4 Å². The molecule has 4 rings (SSSR count). The molecule has 2 aromatic rings. The average molecular weight is 341 g/mol. The summed E-state index contributed by atoms with van der Waals surface area (Å²) in [6, 6.07) is 9.26. The Morgan fingerprint density at radius 3 is 2.76 bits per heavy atom. The van der Waals surface area contributed by atoms with E-state index in [-0.39, 0.29) is 11.5 Å². The van der Waals surface area contributed by atoms with E-state index in [0.29, 0.717) is 29.6 Å². The number of carbonyl (C=O) groups excluding carboxylic acids is 1. The van der Waals surface area contributed by atoms with Crippen LogP contribution in [0.4, 0.5) is 0 Å². The van der Waals surface area contributed by atoms with Crippen molar-refractivity contribution in [1.82, 2.24) is 14.8 Å². The molecule has 0 unspecified atom stereocenters. The number of likely N-dealkylation sites (tertiary alicyclic amines) is 1. The van der Waals surface area contributed by atoms with Gasteiger partial charge in [-0.2, -0.15) is 0 Å². The molecule has 2 atom stereocenters. The second-order valence-electron chi connectivity index (χ2n) is 7.00. The van der Waals surface area contributed by atoms with E-state index in [2.05, 4.69) is 16.8 Å². The maximum Gasteiger partial charge on any atom is 0.254 e. The van der Waals surface area contributed by atoms with Gasteiger partial charge in [0.1, 0.15) is 0 Å². The van der Waals surface area contributed by atoms with Crippen LogP contribution in [-0.4, -0.2) is 66.1 Å². The molecule has 2 fully saturated rings. The van der Waals surface area contributed by atoms with Gasteiger partial charge in [0.25, 0.3) is 5.91 Å². The summed E-state index contributed by atoms with van der Waals surface area (Å²) in [6.45, 7) is 6.99. The largest absolute Gasteiger partial charge is 0.379 e. The number of amides is 1. The zero-order chi connectivity index (χ0) is 17.4. The number of hydrogen-bond acceptors (Lipinski definition) is 4. The fourth-order valence-electron chi connectivity index (χ4n) is 4.05. The summed E-state index contributed by atoms with van der Waals surface area (Å²) in [5, 5.41) is 0.801. The van der Waals surface area contributed by atoms with Gasteiger partial charge in [-0.1, -0.05) is 25.1 Å². The van der Waals surface area contributed by atoms with Crippen molar-refractivity contribution in [2.24, 2.45) is 5.92 Å². The van der Waals surface area contributed by atoms with Gasteiger partial charge in [0.2, 0.25) is 5.56 Å². The Morgan fingerprint density at radius 2 is 1.96 bits per heavy atom. The van der Waals surface area contributed by atoms with Crippen molar-refractivity contribution in [1.29, 1.82) is 0 Å². The number of aromatic amines is 1. The first-order valence-electron chi connectivity index (χ1n) is 8.86. The molecule has 2 aliphatic heterocycles. The number of hydrogen-bond donors (Lipinski definition) is 1. The second kappa shape index (κ2) is 6.61. The third-order valence-corrected chi connectivity index (χ3v) is 5.36. The summed E-state index contributed by atoms with van der Waals surface area (Å²) in [5.41, 5.74) is 0.962. The summed E-state index contributed by atoms with van der Waals surface area (Å²) in [6.07, 6.45) is 0. The fraction of sp³-hybridized carbons (Fsp3) is 0.474. The number of H-pyrrole nitrogens is 1. The molecule has 132 valence electrons. The van der Waals surface area contributed by atoms with Crippen LogP contribution >= 0.6 is 0 Å². The van der Waals surface area contributed by atoms with Crippen molar-refractivity contribution in [3.63, 3.8) is 0 Å². The molecule has 2 saturated heterocycles. The lowest BCUT2D eigenvalue weighted by molar-refractivity contribution is 0.0119. The third kappa shape index (κ3) is 3.07. The van der Waals surface area contributed by atoms with E-state index in [1.165, 1.54) is 6.07 Å². The van der Waals surface area contributed by atoms with Crippen molar-refractivity contribution < 1.29 is 9.53 Å². The van der Waals surface area contributed by atoms with E-state index in [1.54, 1.807) is 0 Å². The highest BCUT2D eigenvalue weighted by Crippen LogP contribution is 2.25. The molecule has 0 saturated carbocycles. The maximum atomic E-state index is 13.1. The predicted molar refractivity (Wildman–Crippen MR) is 95.8 cm³/mol. The molecule has 0 spiro atoms. The SMILES string of the molecule is C[C@H]1CN(C(=O)c2cc(=O)[nH]c3ccccc23)C[C@@H]1N1CCOCC1. The Balaban J connectivity index is 1.61. The Kier molecular flexibility index (Phi) is 4.31. The van der Waals surface area contributed by atoms with Gasteiger partial charge in [0.05, 0.1) is 18.8 Å². The molecule has 3 heterocycles. The number of benzene rings is 1. The fourth-order valence-corrected chi connectivity index (χ4v) is 4.05. The number of nitrogens with one attached hydrogen (secondary N) is 1. The smallest absolute Gasteiger partial charge is 0.254 e. The molecular weight excluding hydrogens is 318 g/mol. The lowest BCUT2D eigenvalue weighted by Gasteiger charge is -2.34. The Bertz CT molecular complexity index is 841. The van der Waals surface area contributed by atoms with Gasteiger partial charge in [-0.05, 0) is 12.0 Å². The number of fused-ring (bicyclic) bond motifs is 1. The molecule has 25 heavy (non-hydrogen) atoms. The number of morpholine rings is 1. The Hall–Kier alpha value is -2.18. The average Bonchev–Trinajstić information content (AvgIpc) is 3.03. The van der Waals surface area contributed by atoms with Crippen LogP contribution < -0.4 is 5.56 Å². The number of ether oxygens (including phenoxy) is 1. The van der Waals surface area contributed by atoms with E-state index in [1.807, 2.05) is 29.2 Å². The molecule has 6 heteroatoms. The molecule has 1 N–H and O–H groups in total. The highest BCUT2D eigenvalue weighted by atomic mass is 16.5. The topological polar surface area (TPSA) is 65.6 Å². The van der Waals surface area contributed by atoms with Crippen LogP contribution in [0.1, 0.15) is 17.3 Å². The monoisotopic (exact) mass is 341 g/mol. The molecule has 0 aliphatic carbocycles. The zero-order valence-corrected chi connectivity index (χ0v) is 14.4. The quantitative estimate of drug-likeness (QED) is 0.895. The third-order valence-electron chi connectivity index (χ3n) is 5.36. The Morgan fingerprint density at radius 1 is 1.20 bits per heavy atom. The summed E-state index contributed by atoms with van der Waals surface area (Å²) in [7, 11) is 0. The Labute approximate surface area is 146 Å². The standard InChI is InChI=1S/C19H23N3O3/c1-13-11-22(12-17(13)21-6-8-25-9-7-21)19(24)15-10-18(23)20-16-5-3-2-4-14(15)16/h2-5,10,13,17H,6-9,11-12H2,1H3,(H,20,23)/t13-,17-/m0/s1. The molecule has 1 aromatic heterocycles. The molecular formula is C19H23N3O3. The van der Waals surface area contributed by atoms with Crippen molar-refractivity contribution in [2.45, 2.75) is 13.0 Å². The van der Waals surface area contributed by atoms with Crippen molar-refractivity contribution in [3.8, 4) is 0 Å². The number of nitrogens with zero attached hydrogens (tertiary/aromatic N) is 2.